The topological polar surface area (TPSA) is 26.1 Å². The van der Waals surface area contributed by atoms with E-state index in [1.807, 2.05) is 0 Å². The first-order valence-corrected chi connectivity index (χ1v) is 14.8. The van der Waals surface area contributed by atoms with Gasteiger partial charge in [0.05, 0.1) is 25.3 Å². The van der Waals surface area contributed by atoms with Gasteiger partial charge in [0, 0.05) is 25.4 Å². The minimum Gasteiger partial charge on any atom is -0.360 e. The minimum absolute atomic E-state index is 0.442. The zero-order valence-electron chi connectivity index (χ0n) is 20.8. The van der Waals surface area contributed by atoms with Crippen LogP contribution in [0.2, 0.25) is 0 Å². The molecule has 5 saturated heterocycles. The summed E-state index contributed by atoms with van der Waals surface area (Å²) in [5, 5.41) is 0. The van der Waals surface area contributed by atoms with E-state index in [0.29, 0.717) is 24.7 Å². The summed E-state index contributed by atoms with van der Waals surface area (Å²) < 4.78 is 13.5. The van der Waals surface area contributed by atoms with Gasteiger partial charge in [-0.1, -0.05) is 51.4 Å². The van der Waals surface area contributed by atoms with Crippen molar-refractivity contribution in [2.24, 2.45) is 11.8 Å². The van der Waals surface area contributed by atoms with E-state index >= 15 is 0 Å². The van der Waals surface area contributed by atoms with Gasteiger partial charge in [-0.2, -0.15) is 0 Å². The van der Waals surface area contributed by atoms with Crippen LogP contribution in [0, 0.1) is 11.8 Å². The zero-order chi connectivity index (χ0) is 21.6. The molecule has 5 fully saturated rings. The quantitative estimate of drug-likeness (QED) is 0.571. The second-order valence-electron chi connectivity index (χ2n) is 11.9. The molecular formula is C28H51N2O2+. The molecule has 0 aromatic heterocycles. The second kappa shape index (κ2) is 12.0. The van der Waals surface area contributed by atoms with Gasteiger partial charge < -0.3 is 14.4 Å². The third kappa shape index (κ3) is 6.09. The summed E-state index contributed by atoms with van der Waals surface area (Å²) in [6.07, 6.45) is 26.8. The summed E-state index contributed by atoms with van der Waals surface area (Å²) >= 11 is 0. The van der Waals surface area contributed by atoms with E-state index in [4.69, 9.17) is 9.47 Å². The Morgan fingerprint density at radius 3 is 1.97 bits per heavy atom. The van der Waals surface area contributed by atoms with Crippen LogP contribution in [0.4, 0.5) is 0 Å². The Morgan fingerprint density at radius 2 is 1.16 bits per heavy atom. The molecule has 5 rings (SSSR count). The number of rotatable bonds is 0. The predicted octanol–water partition coefficient (Wildman–Crippen LogP) is 4.92. The number of ether oxygens (including phenoxy) is 2. The zero-order valence-corrected chi connectivity index (χ0v) is 20.8. The third-order valence-corrected chi connectivity index (χ3v) is 9.59. The molecule has 0 aromatic rings. The first-order chi connectivity index (χ1) is 15.9. The van der Waals surface area contributed by atoms with E-state index in [2.05, 4.69) is 4.90 Å². The number of quaternary nitrogens is 1. The summed E-state index contributed by atoms with van der Waals surface area (Å²) in [5.41, 5.74) is 0. The maximum absolute atomic E-state index is 6.78. The van der Waals surface area contributed by atoms with E-state index in [1.54, 1.807) is 4.90 Å². The van der Waals surface area contributed by atoms with Gasteiger partial charge >= 0.3 is 0 Å². The van der Waals surface area contributed by atoms with Gasteiger partial charge in [-0.3, -0.25) is 4.90 Å². The van der Waals surface area contributed by atoms with Gasteiger partial charge in [-0.05, 0) is 63.7 Å². The van der Waals surface area contributed by atoms with Gasteiger partial charge in [0.2, 0.25) is 0 Å². The summed E-state index contributed by atoms with van der Waals surface area (Å²) in [6, 6.07) is 0. The van der Waals surface area contributed by atoms with Crippen LogP contribution in [0.5, 0.6) is 0 Å². The monoisotopic (exact) mass is 447 g/mol. The van der Waals surface area contributed by atoms with Crippen molar-refractivity contribution >= 4 is 0 Å². The fraction of sp³-hybridized carbons (Fsp3) is 1.00. The van der Waals surface area contributed by atoms with Crippen molar-refractivity contribution in [3.8, 4) is 0 Å². The molecule has 32 heavy (non-hydrogen) atoms. The highest BCUT2D eigenvalue weighted by molar-refractivity contribution is 4.84. The second-order valence-corrected chi connectivity index (χ2v) is 11.9. The maximum atomic E-state index is 6.78. The Bertz CT molecular complexity index is 510. The molecule has 5 aliphatic rings. The normalized spacial score (nSPS) is 43.3. The van der Waals surface area contributed by atoms with Gasteiger partial charge in [0.15, 0.2) is 6.23 Å². The van der Waals surface area contributed by atoms with Gasteiger partial charge in [0.25, 0.3) is 0 Å². The van der Waals surface area contributed by atoms with Crippen molar-refractivity contribution in [3.63, 3.8) is 0 Å². The lowest BCUT2D eigenvalue weighted by Gasteiger charge is -2.46. The minimum atomic E-state index is 0.442. The van der Waals surface area contributed by atoms with Gasteiger partial charge in [-0.25, -0.2) is 0 Å². The molecule has 4 bridgehead atoms. The average molecular weight is 448 g/mol. The highest BCUT2D eigenvalue weighted by Gasteiger charge is 2.40. The fourth-order valence-corrected chi connectivity index (χ4v) is 7.72. The van der Waals surface area contributed by atoms with Crippen LogP contribution >= 0.6 is 0 Å². The molecule has 5 aliphatic heterocycles. The summed E-state index contributed by atoms with van der Waals surface area (Å²) in [5.74, 6) is 1.61. The molecular weight excluding hydrogens is 396 g/mol. The number of fused-ring (bicyclic) bond motifs is 2. The molecule has 5 heterocycles. The van der Waals surface area contributed by atoms with E-state index < -0.39 is 0 Å². The molecule has 0 amide bonds. The first kappa shape index (κ1) is 23.6. The molecule has 0 aliphatic carbocycles. The van der Waals surface area contributed by atoms with Crippen LogP contribution in [0.1, 0.15) is 116 Å². The molecule has 7 atom stereocenters. The lowest BCUT2D eigenvalue weighted by molar-refractivity contribution is -0.968. The Morgan fingerprint density at radius 1 is 0.500 bits per heavy atom. The first-order valence-electron chi connectivity index (χ1n) is 14.8. The van der Waals surface area contributed by atoms with Crippen molar-refractivity contribution in [2.75, 3.05) is 26.2 Å². The van der Waals surface area contributed by atoms with Crippen LogP contribution < -0.4 is 4.90 Å². The smallest absolute Gasteiger partial charge is 0.194 e. The summed E-state index contributed by atoms with van der Waals surface area (Å²) in [7, 11) is 0. The number of nitrogens with one attached hydrogen (secondary N) is 1. The van der Waals surface area contributed by atoms with Gasteiger partial charge in [0.1, 0.15) is 6.23 Å². The molecule has 0 aromatic carbocycles. The van der Waals surface area contributed by atoms with Crippen molar-refractivity contribution in [2.45, 2.75) is 140 Å². The Labute approximate surface area is 197 Å². The molecule has 0 radical (unpaired) electrons. The van der Waals surface area contributed by atoms with Crippen molar-refractivity contribution in [1.82, 2.24) is 4.90 Å². The van der Waals surface area contributed by atoms with Crippen LogP contribution in [-0.4, -0.2) is 55.7 Å². The molecule has 4 nitrogen and oxygen atoms in total. The largest absolute Gasteiger partial charge is 0.360 e. The SMILES string of the molecule is C1CCC[C@H]2CCC[NH+]3CC[C@H](CCCCCC[C@H]4CCCN5CC[C@H](CC1)O[C@H]45)O[C@H]23. The molecule has 1 unspecified atom stereocenters. The highest BCUT2D eigenvalue weighted by atomic mass is 16.5. The summed E-state index contributed by atoms with van der Waals surface area (Å²) in [4.78, 5) is 4.47. The van der Waals surface area contributed by atoms with Crippen molar-refractivity contribution in [3.05, 3.63) is 0 Å². The molecule has 0 saturated carbocycles. The maximum Gasteiger partial charge on any atom is 0.194 e. The number of hydrogen-bond donors (Lipinski definition) is 1. The van der Waals surface area contributed by atoms with Crippen molar-refractivity contribution in [1.29, 1.82) is 0 Å². The predicted molar refractivity (Wildman–Crippen MR) is 130 cm³/mol. The standard InChI is InChI=1S/C28H50N2O2/c1-3-7-15-25-17-21-30-20-10-14-24(28(30)31-25)12-6-2-4-8-16-26-18-22-29-19-9-13-23(11-5-1)27(29)32-26/h23-28H,1-22H2/p+1/t23-,24-,25-,26-,27+,28+/m0/s1. The number of piperidine rings is 2. The summed E-state index contributed by atoms with van der Waals surface area (Å²) in [6.45, 7) is 5.29. The van der Waals surface area contributed by atoms with E-state index in [9.17, 15) is 0 Å². The van der Waals surface area contributed by atoms with E-state index in [-0.39, 0.29) is 0 Å². The lowest BCUT2D eigenvalue weighted by atomic mass is 9.87. The van der Waals surface area contributed by atoms with Crippen molar-refractivity contribution < 1.29 is 14.4 Å². The molecule has 1 N–H and O–H groups in total. The Kier molecular flexibility index (Phi) is 8.84. The van der Waals surface area contributed by atoms with Crippen LogP contribution in [0.25, 0.3) is 0 Å². The highest BCUT2D eigenvalue weighted by Crippen LogP contribution is 2.34. The average Bonchev–Trinajstić information content (AvgIpc) is 2.83. The van der Waals surface area contributed by atoms with Crippen LogP contribution in [-0.2, 0) is 9.47 Å². The Hall–Kier alpha value is -0.160. The van der Waals surface area contributed by atoms with E-state index in [0.717, 1.165) is 11.8 Å². The van der Waals surface area contributed by atoms with Crippen LogP contribution in [0.3, 0.4) is 0 Å². The third-order valence-electron chi connectivity index (χ3n) is 9.59. The van der Waals surface area contributed by atoms with Crippen LogP contribution in [0.15, 0.2) is 0 Å². The number of nitrogens with zero attached hydrogens (tertiary/aromatic N) is 1. The van der Waals surface area contributed by atoms with Gasteiger partial charge in [-0.15, -0.1) is 0 Å². The lowest BCUT2D eigenvalue weighted by Crippen LogP contribution is -3.19. The molecule has 4 heteroatoms. The number of hydrogen-bond acceptors (Lipinski definition) is 3. The fourth-order valence-electron chi connectivity index (χ4n) is 7.72. The molecule has 184 valence electrons. The van der Waals surface area contributed by atoms with E-state index in [1.165, 1.54) is 142 Å². The Balaban J connectivity index is 1.16. The molecule has 0 spiro atoms.